The van der Waals surface area contributed by atoms with Crippen LogP contribution >= 0.6 is 38.9 Å². The average molecular weight is 293 g/mol. The third kappa shape index (κ3) is 1.59. The molecule has 0 saturated heterocycles. The van der Waals surface area contributed by atoms with E-state index in [1.807, 2.05) is 0 Å². The van der Waals surface area contributed by atoms with Crippen LogP contribution in [0, 0.1) is 16.7 Å². The van der Waals surface area contributed by atoms with Gasteiger partial charge in [0.25, 0.3) is 0 Å². The van der Waals surface area contributed by atoms with Crippen LogP contribution in [0.5, 0.6) is 0 Å². The van der Waals surface area contributed by atoms with Gasteiger partial charge in [-0.05, 0) is 34.8 Å². The van der Waals surface area contributed by atoms with E-state index in [0.717, 1.165) is 22.2 Å². The molecule has 0 radical (unpaired) electrons. The lowest BCUT2D eigenvalue weighted by molar-refractivity contribution is 0.126. The minimum atomic E-state index is -0.693. The Morgan fingerprint density at radius 1 is 1.71 bits per heavy atom. The van der Waals surface area contributed by atoms with Crippen LogP contribution in [0.2, 0.25) is 4.34 Å². The fraction of sp³-hybridized carbons (Fsp3) is 0.444. The zero-order valence-electron chi connectivity index (χ0n) is 7.13. The molecular weight excluding hydrogens is 286 g/mol. The smallest absolute Gasteiger partial charge is 0.107 e. The fourth-order valence-electron chi connectivity index (χ4n) is 1.35. The van der Waals surface area contributed by atoms with Crippen molar-refractivity contribution in [1.82, 2.24) is 0 Å². The van der Waals surface area contributed by atoms with E-state index in [1.54, 1.807) is 6.07 Å². The first kappa shape index (κ1) is 10.4. The zero-order chi connectivity index (χ0) is 10.3. The maximum Gasteiger partial charge on any atom is 0.107 e. The predicted molar refractivity (Wildman–Crippen MR) is 59.3 cm³/mol. The van der Waals surface area contributed by atoms with Gasteiger partial charge in [0.2, 0.25) is 0 Å². The molecule has 1 atom stereocenters. The maximum atomic E-state index is 9.96. The second-order valence-corrected chi connectivity index (χ2v) is 5.98. The highest BCUT2D eigenvalue weighted by Crippen LogP contribution is 2.56. The van der Waals surface area contributed by atoms with Gasteiger partial charge in [0.05, 0.1) is 11.5 Å². The van der Waals surface area contributed by atoms with E-state index in [2.05, 4.69) is 22.0 Å². The Morgan fingerprint density at radius 3 is 2.71 bits per heavy atom. The first-order chi connectivity index (χ1) is 6.59. The monoisotopic (exact) mass is 291 g/mol. The Morgan fingerprint density at radius 2 is 2.36 bits per heavy atom. The molecule has 0 bridgehead atoms. The third-order valence-corrected chi connectivity index (χ3v) is 5.00. The normalized spacial score (nSPS) is 20.1. The van der Waals surface area contributed by atoms with Crippen molar-refractivity contribution in [2.45, 2.75) is 18.9 Å². The molecule has 5 heteroatoms. The predicted octanol–water partition coefficient (Wildman–Crippen LogP) is 3.50. The van der Waals surface area contributed by atoms with E-state index >= 15 is 0 Å². The lowest BCUT2D eigenvalue weighted by atomic mass is 10.0. The number of hydrogen-bond donors (Lipinski definition) is 1. The summed E-state index contributed by atoms with van der Waals surface area (Å²) in [6, 6.07) is 3.96. The maximum absolute atomic E-state index is 9.96. The Bertz CT molecular complexity index is 388. The van der Waals surface area contributed by atoms with Gasteiger partial charge in [-0.15, -0.1) is 11.3 Å². The summed E-state index contributed by atoms with van der Waals surface area (Å²) in [6.07, 6.45) is 0.858. The summed E-state index contributed by atoms with van der Waals surface area (Å²) in [5.74, 6) is 0. The number of halogens is 2. The minimum Gasteiger partial charge on any atom is -0.386 e. The summed E-state index contributed by atoms with van der Waals surface area (Å²) in [5.41, 5.74) is -0.548. The summed E-state index contributed by atoms with van der Waals surface area (Å²) in [4.78, 5) is 0.765. The van der Waals surface area contributed by atoms with E-state index < -0.39 is 11.5 Å². The highest BCUT2D eigenvalue weighted by molar-refractivity contribution is 9.10. The zero-order valence-corrected chi connectivity index (χ0v) is 10.3. The van der Waals surface area contributed by atoms with Crippen molar-refractivity contribution < 1.29 is 5.11 Å². The molecule has 1 aliphatic carbocycles. The molecule has 1 aliphatic rings. The highest BCUT2D eigenvalue weighted by Gasteiger charge is 2.50. The number of aliphatic hydroxyl groups excluding tert-OH is 1. The molecule has 1 N–H and O–H groups in total. The molecule has 1 aromatic heterocycles. The summed E-state index contributed by atoms with van der Waals surface area (Å²) in [7, 11) is 0. The number of hydrogen-bond acceptors (Lipinski definition) is 3. The largest absolute Gasteiger partial charge is 0.386 e. The van der Waals surface area contributed by atoms with Gasteiger partial charge in [0, 0.05) is 9.35 Å². The molecule has 0 aliphatic heterocycles. The molecule has 0 aromatic carbocycles. The molecule has 1 fully saturated rings. The van der Waals surface area contributed by atoms with Crippen LogP contribution in [-0.4, -0.2) is 5.11 Å². The molecule has 74 valence electrons. The Balaban J connectivity index is 2.28. The SMILES string of the molecule is N#CC1(C(O)c2cc(Br)c(Cl)s2)CC1. The van der Waals surface area contributed by atoms with E-state index in [1.165, 1.54) is 11.3 Å². The lowest BCUT2D eigenvalue weighted by Gasteiger charge is -2.12. The Hall–Kier alpha value is -0.0800. The molecule has 2 nitrogen and oxygen atoms in total. The molecule has 0 spiro atoms. The van der Waals surface area contributed by atoms with Crippen LogP contribution in [0.4, 0.5) is 0 Å². The van der Waals surface area contributed by atoms with Gasteiger partial charge in [0.1, 0.15) is 10.4 Å². The van der Waals surface area contributed by atoms with Gasteiger partial charge in [-0.3, -0.25) is 0 Å². The Labute approximate surface area is 99.2 Å². The van der Waals surface area contributed by atoms with Gasteiger partial charge >= 0.3 is 0 Å². The van der Waals surface area contributed by atoms with Gasteiger partial charge < -0.3 is 5.11 Å². The van der Waals surface area contributed by atoms with Crippen LogP contribution in [0.1, 0.15) is 23.8 Å². The van der Waals surface area contributed by atoms with Gasteiger partial charge in [-0.25, -0.2) is 0 Å². The van der Waals surface area contributed by atoms with Crippen LogP contribution < -0.4 is 0 Å². The summed E-state index contributed by atoms with van der Waals surface area (Å²) < 4.78 is 1.40. The number of nitriles is 1. The standard InChI is InChI=1S/C9H7BrClNOS/c10-5-3-6(14-8(5)11)7(13)9(4-12)1-2-9/h3,7,13H,1-2H2. The lowest BCUT2D eigenvalue weighted by Crippen LogP contribution is -2.09. The van der Waals surface area contributed by atoms with E-state index in [0.29, 0.717) is 4.34 Å². The van der Waals surface area contributed by atoms with Gasteiger partial charge in [-0.2, -0.15) is 5.26 Å². The quantitative estimate of drug-likeness (QED) is 0.906. The van der Waals surface area contributed by atoms with E-state index in [-0.39, 0.29) is 0 Å². The van der Waals surface area contributed by atoms with Crippen molar-refractivity contribution in [2.24, 2.45) is 5.41 Å². The van der Waals surface area contributed by atoms with Crippen molar-refractivity contribution >= 4 is 38.9 Å². The van der Waals surface area contributed by atoms with E-state index in [4.69, 9.17) is 16.9 Å². The number of thiophene rings is 1. The first-order valence-corrected chi connectivity index (χ1v) is 6.12. The fourth-order valence-corrected chi connectivity index (χ4v) is 3.19. The number of rotatable bonds is 2. The molecular formula is C9H7BrClNOS. The average Bonchev–Trinajstić information content (AvgIpc) is 2.90. The third-order valence-electron chi connectivity index (χ3n) is 2.47. The number of aliphatic hydroxyl groups is 1. The Kier molecular flexibility index (Phi) is 2.61. The van der Waals surface area contributed by atoms with Crippen molar-refractivity contribution in [3.8, 4) is 6.07 Å². The first-order valence-electron chi connectivity index (χ1n) is 4.13. The van der Waals surface area contributed by atoms with Crippen molar-refractivity contribution in [3.05, 3.63) is 19.8 Å². The van der Waals surface area contributed by atoms with Crippen molar-refractivity contribution in [2.75, 3.05) is 0 Å². The van der Waals surface area contributed by atoms with Crippen LogP contribution in [0.3, 0.4) is 0 Å². The molecule has 2 rings (SSSR count). The minimum absolute atomic E-state index is 0.548. The van der Waals surface area contributed by atoms with Gasteiger partial charge in [-0.1, -0.05) is 11.6 Å². The second-order valence-electron chi connectivity index (χ2n) is 3.44. The van der Waals surface area contributed by atoms with Crippen LogP contribution in [0.25, 0.3) is 0 Å². The van der Waals surface area contributed by atoms with Gasteiger partial charge in [0.15, 0.2) is 0 Å². The molecule has 0 amide bonds. The summed E-state index contributed by atoms with van der Waals surface area (Å²) >= 11 is 10.5. The van der Waals surface area contributed by atoms with E-state index in [9.17, 15) is 5.11 Å². The topological polar surface area (TPSA) is 44.0 Å². The van der Waals surface area contributed by atoms with Crippen molar-refractivity contribution in [1.29, 1.82) is 5.26 Å². The molecule has 1 heterocycles. The number of nitrogens with zero attached hydrogens (tertiary/aromatic N) is 1. The van der Waals surface area contributed by atoms with Crippen LogP contribution in [-0.2, 0) is 0 Å². The summed E-state index contributed by atoms with van der Waals surface area (Å²) in [6.45, 7) is 0. The molecule has 1 aromatic rings. The highest BCUT2D eigenvalue weighted by atomic mass is 79.9. The molecule has 1 saturated carbocycles. The van der Waals surface area contributed by atoms with Crippen LogP contribution in [0.15, 0.2) is 10.5 Å². The van der Waals surface area contributed by atoms with Crippen molar-refractivity contribution in [3.63, 3.8) is 0 Å². The second kappa shape index (κ2) is 3.49. The molecule has 1 unspecified atom stereocenters. The summed E-state index contributed by atoms with van der Waals surface area (Å²) in [5, 5.41) is 18.9. The molecule has 14 heavy (non-hydrogen) atoms.